The van der Waals surface area contributed by atoms with Crippen LogP contribution >= 0.6 is 15.9 Å². The maximum atomic E-state index is 11.6. The Bertz CT molecular complexity index is 483. The van der Waals surface area contributed by atoms with Gasteiger partial charge in [0.25, 0.3) is 0 Å². The third-order valence-corrected chi connectivity index (χ3v) is 4.51. The van der Waals surface area contributed by atoms with Gasteiger partial charge in [0.1, 0.15) is 5.82 Å². The Kier molecular flexibility index (Phi) is 2.72. The molecule has 1 fully saturated rings. The average Bonchev–Trinajstić information content (AvgIpc) is 2.92. The number of sulfonamides is 1. The molecule has 82 valence electrons. The van der Waals surface area contributed by atoms with Gasteiger partial charge in [-0.2, -0.15) is 0 Å². The van der Waals surface area contributed by atoms with E-state index in [4.69, 9.17) is 0 Å². The molecule has 0 bridgehead atoms. The zero-order chi connectivity index (χ0) is 11.1. The number of hydrogen-bond acceptors (Lipinski definition) is 3. The zero-order valence-corrected chi connectivity index (χ0v) is 10.6. The largest absolute Gasteiger partial charge is 0.267 e. The fraction of sp³-hybridized carbons (Fsp3) is 0.444. The number of halogens is 1. The molecule has 0 spiro atoms. The molecule has 6 heteroatoms. The Morgan fingerprint density at radius 1 is 1.53 bits per heavy atom. The first-order valence-electron chi connectivity index (χ1n) is 4.63. The van der Waals surface area contributed by atoms with Crippen LogP contribution in [0.2, 0.25) is 0 Å². The molecule has 0 unspecified atom stereocenters. The predicted molar refractivity (Wildman–Crippen MR) is 62.2 cm³/mol. The van der Waals surface area contributed by atoms with Crippen LogP contribution in [0.25, 0.3) is 0 Å². The second kappa shape index (κ2) is 3.75. The van der Waals surface area contributed by atoms with E-state index in [1.54, 1.807) is 6.20 Å². The smallest absolute Gasteiger partial charge is 0.236 e. The molecule has 0 radical (unpaired) electrons. The van der Waals surface area contributed by atoms with Gasteiger partial charge in [-0.1, -0.05) is 0 Å². The van der Waals surface area contributed by atoms with Gasteiger partial charge in [0, 0.05) is 10.7 Å². The van der Waals surface area contributed by atoms with Crippen LogP contribution in [0.3, 0.4) is 0 Å². The van der Waals surface area contributed by atoms with Crippen molar-refractivity contribution >= 4 is 31.8 Å². The van der Waals surface area contributed by atoms with Gasteiger partial charge >= 0.3 is 0 Å². The second-order valence-electron chi connectivity index (χ2n) is 3.67. The highest BCUT2D eigenvalue weighted by molar-refractivity contribution is 9.10. The van der Waals surface area contributed by atoms with Gasteiger partial charge < -0.3 is 0 Å². The molecule has 1 N–H and O–H groups in total. The van der Waals surface area contributed by atoms with Gasteiger partial charge in [0.15, 0.2) is 0 Å². The van der Waals surface area contributed by atoms with E-state index >= 15 is 0 Å². The summed E-state index contributed by atoms with van der Waals surface area (Å²) >= 11 is 3.28. The van der Waals surface area contributed by atoms with E-state index in [1.807, 2.05) is 13.0 Å². The normalized spacial score (nSPS) is 16.4. The van der Waals surface area contributed by atoms with Gasteiger partial charge in [-0.05, 0) is 47.3 Å². The Balaban J connectivity index is 2.24. The van der Waals surface area contributed by atoms with Gasteiger partial charge in [-0.3, -0.25) is 4.72 Å². The van der Waals surface area contributed by atoms with Crippen molar-refractivity contribution in [3.63, 3.8) is 0 Å². The summed E-state index contributed by atoms with van der Waals surface area (Å²) in [7, 11) is -3.20. The van der Waals surface area contributed by atoms with Crippen molar-refractivity contribution in [2.45, 2.75) is 25.0 Å². The molecular weight excluding hydrogens is 280 g/mol. The quantitative estimate of drug-likeness (QED) is 0.927. The number of pyridine rings is 1. The van der Waals surface area contributed by atoms with Crippen LogP contribution in [0, 0.1) is 6.92 Å². The Hall–Kier alpha value is -0.620. The lowest BCUT2D eigenvalue weighted by Gasteiger charge is -2.08. The molecular formula is C9H11BrN2O2S. The maximum absolute atomic E-state index is 11.6. The van der Waals surface area contributed by atoms with Gasteiger partial charge in [0.05, 0.1) is 5.25 Å². The number of anilines is 1. The highest BCUT2D eigenvalue weighted by atomic mass is 79.9. The van der Waals surface area contributed by atoms with Crippen molar-refractivity contribution in [3.05, 3.63) is 22.3 Å². The van der Waals surface area contributed by atoms with E-state index in [0.717, 1.165) is 22.9 Å². The first-order valence-corrected chi connectivity index (χ1v) is 6.97. The number of hydrogen-bond donors (Lipinski definition) is 1. The first-order chi connectivity index (χ1) is 6.99. The fourth-order valence-corrected chi connectivity index (χ4v) is 3.10. The van der Waals surface area contributed by atoms with E-state index in [1.165, 1.54) is 0 Å². The van der Waals surface area contributed by atoms with Crippen LogP contribution in [0.15, 0.2) is 16.7 Å². The van der Waals surface area contributed by atoms with Crippen LogP contribution in [0.1, 0.15) is 18.4 Å². The van der Waals surface area contributed by atoms with Crippen molar-refractivity contribution in [1.82, 2.24) is 4.98 Å². The van der Waals surface area contributed by atoms with Crippen molar-refractivity contribution in [2.75, 3.05) is 4.72 Å². The molecule has 1 aliphatic carbocycles. The molecule has 0 atom stereocenters. The number of rotatable bonds is 3. The minimum Gasteiger partial charge on any atom is -0.267 e. The predicted octanol–water partition coefficient (Wildman–Crippen LogP) is 2.06. The number of aryl methyl sites for hydroxylation is 1. The summed E-state index contributed by atoms with van der Waals surface area (Å²) in [6.07, 6.45) is 3.09. The molecule has 0 amide bonds. The molecule has 1 aromatic rings. The summed E-state index contributed by atoms with van der Waals surface area (Å²) in [4.78, 5) is 4.04. The Labute approximate surface area is 97.3 Å². The van der Waals surface area contributed by atoms with Crippen LogP contribution in [0.4, 0.5) is 5.82 Å². The Morgan fingerprint density at radius 3 is 2.73 bits per heavy atom. The molecule has 1 aromatic heterocycles. The average molecular weight is 291 g/mol. The summed E-state index contributed by atoms with van der Waals surface area (Å²) in [5.41, 5.74) is 0.814. The van der Waals surface area contributed by atoms with E-state index < -0.39 is 10.0 Å². The Morgan fingerprint density at radius 2 is 2.20 bits per heavy atom. The summed E-state index contributed by atoms with van der Waals surface area (Å²) in [6, 6.07) is 1.83. The summed E-state index contributed by atoms with van der Waals surface area (Å²) < 4.78 is 26.6. The molecule has 1 saturated carbocycles. The second-order valence-corrected chi connectivity index (χ2v) is 6.54. The van der Waals surface area contributed by atoms with E-state index in [0.29, 0.717) is 5.82 Å². The molecule has 0 aliphatic heterocycles. The van der Waals surface area contributed by atoms with E-state index in [2.05, 4.69) is 25.6 Å². The number of aromatic nitrogens is 1. The summed E-state index contributed by atoms with van der Waals surface area (Å²) in [5, 5.41) is -0.220. The molecule has 15 heavy (non-hydrogen) atoms. The lowest BCUT2D eigenvalue weighted by atomic mass is 10.3. The SMILES string of the molecule is Cc1cc(Br)cnc1NS(=O)(=O)C1CC1. The molecule has 2 rings (SSSR count). The van der Waals surface area contributed by atoms with Gasteiger partial charge in [-0.25, -0.2) is 13.4 Å². The molecule has 1 aliphatic rings. The minimum atomic E-state index is -3.20. The zero-order valence-electron chi connectivity index (χ0n) is 8.20. The first kappa shape index (κ1) is 10.9. The lowest BCUT2D eigenvalue weighted by molar-refractivity contribution is 0.599. The fourth-order valence-electron chi connectivity index (χ4n) is 1.24. The maximum Gasteiger partial charge on any atom is 0.236 e. The van der Waals surface area contributed by atoms with Crippen molar-refractivity contribution in [1.29, 1.82) is 0 Å². The van der Waals surface area contributed by atoms with E-state index in [-0.39, 0.29) is 5.25 Å². The molecule has 1 heterocycles. The summed E-state index contributed by atoms with van der Waals surface area (Å²) in [6.45, 7) is 1.82. The highest BCUT2D eigenvalue weighted by Gasteiger charge is 2.36. The van der Waals surface area contributed by atoms with Crippen LogP contribution in [-0.2, 0) is 10.0 Å². The monoisotopic (exact) mass is 290 g/mol. The highest BCUT2D eigenvalue weighted by Crippen LogP contribution is 2.30. The number of nitrogens with zero attached hydrogens (tertiary/aromatic N) is 1. The summed E-state index contributed by atoms with van der Waals surface area (Å²) in [5.74, 6) is 0.421. The van der Waals surface area contributed by atoms with Crippen LogP contribution in [-0.4, -0.2) is 18.7 Å². The van der Waals surface area contributed by atoms with Gasteiger partial charge in [0.2, 0.25) is 10.0 Å². The third-order valence-electron chi connectivity index (χ3n) is 2.25. The van der Waals surface area contributed by atoms with Crippen LogP contribution in [0.5, 0.6) is 0 Å². The van der Waals surface area contributed by atoms with Crippen molar-refractivity contribution < 1.29 is 8.42 Å². The minimum absolute atomic E-state index is 0.220. The van der Waals surface area contributed by atoms with E-state index in [9.17, 15) is 8.42 Å². The lowest BCUT2D eigenvalue weighted by Crippen LogP contribution is -2.18. The van der Waals surface area contributed by atoms with Crippen molar-refractivity contribution in [2.24, 2.45) is 0 Å². The molecule has 4 nitrogen and oxygen atoms in total. The molecule has 0 saturated heterocycles. The topological polar surface area (TPSA) is 59.1 Å². The standard InChI is InChI=1S/C9H11BrN2O2S/c1-6-4-7(10)5-11-9(6)12-15(13,14)8-2-3-8/h4-5,8H,2-3H2,1H3,(H,11,12). The van der Waals surface area contributed by atoms with Crippen LogP contribution < -0.4 is 4.72 Å². The third kappa shape index (κ3) is 2.49. The molecule has 0 aromatic carbocycles. The number of nitrogens with one attached hydrogen (secondary N) is 1. The van der Waals surface area contributed by atoms with Crippen molar-refractivity contribution in [3.8, 4) is 0 Å². The van der Waals surface area contributed by atoms with Gasteiger partial charge in [-0.15, -0.1) is 0 Å².